The lowest BCUT2D eigenvalue weighted by Crippen LogP contribution is -2.25. The summed E-state index contributed by atoms with van der Waals surface area (Å²) in [5.74, 6) is -2.00. The Balaban J connectivity index is 3.05. The third-order valence-electron chi connectivity index (χ3n) is 0.840. The number of nitrogens with zero attached hydrogens (tertiary/aromatic N) is 2. The van der Waals surface area contributed by atoms with Gasteiger partial charge in [-0.25, -0.2) is 9.18 Å². The molecule has 0 saturated carbocycles. The van der Waals surface area contributed by atoms with Crippen molar-refractivity contribution in [3.63, 3.8) is 0 Å². The summed E-state index contributed by atoms with van der Waals surface area (Å²) in [6.07, 6.45) is 0.774. The van der Waals surface area contributed by atoms with Crippen LogP contribution in [0.3, 0.4) is 0 Å². The van der Waals surface area contributed by atoms with Crippen LogP contribution in [0.2, 0.25) is 0 Å². The number of hydrogen-bond donors (Lipinski definition) is 0. The van der Waals surface area contributed by atoms with Gasteiger partial charge in [0, 0.05) is 0 Å². The van der Waals surface area contributed by atoms with E-state index < -0.39 is 18.3 Å². The summed E-state index contributed by atoms with van der Waals surface area (Å²) in [6.45, 7) is -1.26. The van der Waals surface area contributed by atoms with Gasteiger partial charge in [0.25, 0.3) is 5.91 Å². The number of hydrogen-bond acceptors (Lipinski definition) is 4. The summed E-state index contributed by atoms with van der Waals surface area (Å²) < 4.78 is 16.0. The SMILES string of the molecule is O=C(CF)n1ncoc1=O. The van der Waals surface area contributed by atoms with Crippen LogP contribution in [0.4, 0.5) is 4.39 Å². The van der Waals surface area contributed by atoms with Crippen molar-refractivity contribution in [1.82, 2.24) is 9.78 Å². The minimum atomic E-state index is -1.26. The van der Waals surface area contributed by atoms with Crippen LogP contribution in [0, 0.1) is 0 Å². The summed E-state index contributed by atoms with van der Waals surface area (Å²) in [7, 11) is 0. The molecule has 0 amide bonds. The third kappa shape index (κ3) is 0.949. The molecule has 0 radical (unpaired) electrons. The van der Waals surface area contributed by atoms with Crippen LogP contribution in [-0.2, 0) is 0 Å². The van der Waals surface area contributed by atoms with Gasteiger partial charge in [-0.2, -0.15) is 0 Å². The molecule has 0 bridgehead atoms. The molecule has 0 aliphatic rings. The molecule has 0 saturated heterocycles. The lowest BCUT2D eigenvalue weighted by molar-refractivity contribution is 0.0852. The molecular weight excluding hydrogens is 143 g/mol. The zero-order valence-corrected chi connectivity index (χ0v) is 4.78. The summed E-state index contributed by atoms with van der Waals surface area (Å²) in [6, 6.07) is 0. The highest BCUT2D eigenvalue weighted by Gasteiger charge is 2.08. The van der Waals surface area contributed by atoms with Gasteiger partial charge in [0.15, 0.2) is 6.67 Å². The first-order valence-corrected chi connectivity index (χ1v) is 2.37. The van der Waals surface area contributed by atoms with Crippen molar-refractivity contribution >= 4 is 5.91 Å². The minimum absolute atomic E-state index is 0.319. The van der Waals surface area contributed by atoms with E-state index in [0.29, 0.717) is 4.68 Å². The first-order chi connectivity index (χ1) is 4.75. The fourth-order valence-corrected chi connectivity index (χ4v) is 0.436. The van der Waals surface area contributed by atoms with Crippen molar-refractivity contribution in [1.29, 1.82) is 0 Å². The standard InChI is InChI=1S/C4H3FN2O3/c5-1-3(8)7-4(9)10-2-6-7/h2H,1H2. The molecule has 0 atom stereocenters. The van der Waals surface area contributed by atoms with Crippen LogP contribution in [0.25, 0.3) is 0 Å². The molecule has 0 unspecified atom stereocenters. The maximum absolute atomic E-state index is 11.5. The van der Waals surface area contributed by atoms with E-state index in [-0.39, 0.29) is 0 Å². The number of carbonyl (C=O) groups is 1. The Morgan fingerprint density at radius 3 is 3.00 bits per heavy atom. The fraction of sp³-hybridized carbons (Fsp3) is 0.250. The largest absolute Gasteiger partial charge is 0.444 e. The number of carbonyl (C=O) groups excluding carboxylic acids is 1. The highest BCUT2D eigenvalue weighted by atomic mass is 19.1. The molecule has 0 aliphatic carbocycles. The van der Waals surface area contributed by atoms with E-state index in [1.807, 2.05) is 0 Å². The molecule has 10 heavy (non-hydrogen) atoms. The van der Waals surface area contributed by atoms with Gasteiger partial charge in [-0.1, -0.05) is 0 Å². The third-order valence-corrected chi connectivity index (χ3v) is 0.840. The first-order valence-electron chi connectivity index (χ1n) is 2.37. The van der Waals surface area contributed by atoms with E-state index >= 15 is 0 Å². The molecule has 0 N–H and O–H groups in total. The van der Waals surface area contributed by atoms with Crippen LogP contribution < -0.4 is 5.76 Å². The molecule has 1 aromatic rings. The molecule has 1 aromatic heterocycles. The number of aromatic nitrogens is 2. The second kappa shape index (κ2) is 2.42. The normalized spacial score (nSPS) is 9.70. The van der Waals surface area contributed by atoms with Crippen LogP contribution >= 0.6 is 0 Å². The molecule has 0 fully saturated rings. The van der Waals surface area contributed by atoms with Crippen molar-refractivity contribution in [2.75, 3.05) is 6.67 Å². The summed E-state index contributed by atoms with van der Waals surface area (Å²) in [5, 5.41) is 3.13. The van der Waals surface area contributed by atoms with Gasteiger partial charge in [-0.3, -0.25) is 4.79 Å². The van der Waals surface area contributed by atoms with Crippen molar-refractivity contribution in [3.8, 4) is 0 Å². The Labute approximate surface area is 54.1 Å². The average Bonchev–Trinajstić information content (AvgIpc) is 2.34. The molecule has 0 spiro atoms. The van der Waals surface area contributed by atoms with E-state index in [1.165, 1.54) is 0 Å². The van der Waals surface area contributed by atoms with Crippen LogP contribution in [0.1, 0.15) is 4.79 Å². The predicted molar refractivity (Wildman–Crippen MR) is 27.4 cm³/mol. The van der Waals surface area contributed by atoms with Gasteiger partial charge < -0.3 is 4.42 Å². The van der Waals surface area contributed by atoms with Gasteiger partial charge in [0.2, 0.25) is 6.39 Å². The van der Waals surface area contributed by atoms with Crippen LogP contribution in [0.15, 0.2) is 15.6 Å². The van der Waals surface area contributed by atoms with E-state index in [4.69, 9.17) is 0 Å². The number of alkyl halides is 1. The number of halogens is 1. The highest BCUT2D eigenvalue weighted by Crippen LogP contribution is 1.77. The van der Waals surface area contributed by atoms with E-state index in [9.17, 15) is 14.0 Å². The Kier molecular flexibility index (Phi) is 1.61. The Morgan fingerprint density at radius 2 is 2.60 bits per heavy atom. The topological polar surface area (TPSA) is 65.1 Å². The summed E-state index contributed by atoms with van der Waals surface area (Å²) in [4.78, 5) is 20.7. The van der Waals surface area contributed by atoms with Crippen LogP contribution in [0.5, 0.6) is 0 Å². The molecule has 1 rings (SSSR count). The van der Waals surface area contributed by atoms with Gasteiger partial charge in [0.1, 0.15) is 0 Å². The van der Waals surface area contributed by atoms with Gasteiger partial charge in [0.05, 0.1) is 0 Å². The zero-order chi connectivity index (χ0) is 7.56. The van der Waals surface area contributed by atoms with Crippen molar-refractivity contribution < 1.29 is 13.6 Å². The molecule has 0 aliphatic heterocycles. The lowest BCUT2D eigenvalue weighted by Gasteiger charge is -1.86. The quantitative estimate of drug-likeness (QED) is 0.533. The zero-order valence-electron chi connectivity index (χ0n) is 4.78. The monoisotopic (exact) mass is 146 g/mol. The minimum Gasteiger partial charge on any atom is -0.395 e. The van der Waals surface area contributed by atoms with Crippen molar-refractivity contribution in [2.24, 2.45) is 0 Å². The van der Waals surface area contributed by atoms with Gasteiger partial charge >= 0.3 is 5.76 Å². The molecular formula is C4H3FN2O3. The maximum Gasteiger partial charge on any atom is 0.444 e. The summed E-state index contributed by atoms with van der Waals surface area (Å²) >= 11 is 0. The Bertz CT molecular complexity index is 289. The average molecular weight is 146 g/mol. The van der Waals surface area contributed by atoms with Gasteiger partial charge in [-0.05, 0) is 0 Å². The van der Waals surface area contributed by atoms with Crippen molar-refractivity contribution in [2.45, 2.75) is 0 Å². The number of rotatable bonds is 1. The molecule has 54 valence electrons. The molecule has 1 heterocycles. The predicted octanol–water partition coefficient (Wildman–Crippen LogP) is -0.554. The summed E-state index contributed by atoms with van der Waals surface area (Å²) in [5.41, 5.74) is 0. The Morgan fingerprint density at radius 1 is 1.90 bits per heavy atom. The van der Waals surface area contributed by atoms with E-state index in [1.54, 1.807) is 0 Å². The molecule has 6 heteroatoms. The van der Waals surface area contributed by atoms with Crippen molar-refractivity contribution in [3.05, 3.63) is 16.9 Å². The van der Waals surface area contributed by atoms with Crippen LogP contribution in [-0.4, -0.2) is 22.4 Å². The maximum atomic E-state index is 11.5. The first kappa shape index (κ1) is 6.66. The van der Waals surface area contributed by atoms with Gasteiger partial charge in [-0.15, -0.1) is 9.78 Å². The van der Waals surface area contributed by atoms with E-state index in [2.05, 4.69) is 9.52 Å². The smallest absolute Gasteiger partial charge is 0.395 e. The molecule has 0 aromatic carbocycles. The lowest BCUT2D eigenvalue weighted by atomic mass is 10.7. The molecule has 5 nitrogen and oxygen atoms in total. The highest BCUT2D eigenvalue weighted by molar-refractivity contribution is 5.78. The second-order valence-corrected chi connectivity index (χ2v) is 1.44. The Hall–Kier alpha value is -1.46. The fourth-order valence-electron chi connectivity index (χ4n) is 0.436. The second-order valence-electron chi connectivity index (χ2n) is 1.44. The van der Waals surface area contributed by atoms with E-state index in [0.717, 1.165) is 6.39 Å².